The van der Waals surface area contributed by atoms with E-state index in [1.807, 2.05) is 18.2 Å². The molecule has 0 saturated heterocycles. The monoisotopic (exact) mass is 286 g/mol. The van der Waals surface area contributed by atoms with Crippen LogP contribution >= 0.6 is 0 Å². The number of ether oxygens (including phenoxy) is 1. The van der Waals surface area contributed by atoms with Crippen molar-refractivity contribution in [3.8, 4) is 11.5 Å². The molecule has 0 fully saturated rings. The molecule has 0 aliphatic rings. The zero-order valence-electron chi connectivity index (χ0n) is 11.9. The summed E-state index contributed by atoms with van der Waals surface area (Å²) in [7, 11) is 1.53. The summed E-state index contributed by atoms with van der Waals surface area (Å²) in [6, 6.07) is 10.4. The first kappa shape index (κ1) is 14.8. The summed E-state index contributed by atoms with van der Waals surface area (Å²) >= 11 is 0. The quantitative estimate of drug-likeness (QED) is 0.801. The van der Waals surface area contributed by atoms with E-state index in [0.717, 1.165) is 12.1 Å². The van der Waals surface area contributed by atoms with Crippen molar-refractivity contribution < 1.29 is 14.6 Å². The standard InChI is InChI=1S/C16H18N2O3/c1-21-13-8-9-15(19)14(11-13)18-16(20)7-4-6-12-5-2-3-10-17-12/h2-3,5,8-11,19H,4,6-7H2,1H3,(H,18,20). The van der Waals surface area contributed by atoms with Crippen LogP contribution in [-0.4, -0.2) is 23.1 Å². The van der Waals surface area contributed by atoms with Crippen molar-refractivity contribution in [3.63, 3.8) is 0 Å². The van der Waals surface area contributed by atoms with Crippen molar-refractivity contribution in [3.05, 3.63) is 48.3 Å². The Labute approximate surface area is 123 Å². The number of carbonyl (C=O) groups is 1. The number of aromatic hydroxyl groups is 1. The van der Waals surface area contributed by atoms with Gasteiger partial charge >= 0.3 is 0 Å². The van der Waals surface area contributed by atoms with Gasteiger partial charge in [0.25, 0.3) is 0 Å². The lowest BCUT2D eigenvalue weighted by Gasteiger charge is -2.09. The maximum atomic E-state index is 11.9. The number of nitrogens with zero attached hydrogens (tertiary/aromatic N) is 1. The van der Waals surface area contributed by atoms with Gasteiger partial charge in [0.1, 0.15) is 11.5 Å². The highest BCUT2D eigenvalue weighted by atomic mass is 16.5. The highest BCUT2D eigenvalue weighted by Gasteiger charge is 2.08. The number of aromatic nitrogens is 1. The van der Waals surface area contributed by atoms with Gasteiger partial charge in [0.15, 0.2) is 0 Å². The fourth-order valence-corrected chi connectivity index (χ4v) is 1.93. The summed E-state index contributed by atoms with van der Waals surface area (Å²) < 4.78 is 5.06. The highest BCUT2D eigenvalue weighted by molar-refractivity contribution is 5.92. The lowest BCUT2D eigenvalue weighted by molar-refractivity contribution is -0.116. The number of amides is 1. The third-order valence-electron chi connectivity index (χ3n) is 3.04. The van der Waals surface area contributed by atoms with Crippen LogP contribution in [0.4, 0.5) is 5.69 Å². The fraction of sp³-hybridized carbons (Fsp3) is 0.250. The molecule has 21 heavy (non-hydrogen) atoms. The Morgan fingerprint density at radius 1 is 1.33 bits per heavy atom. The second-order valence-corrected chi connectivity index (χ2v) is 4.61. The molecule has 110 valence electrons. The van der Waals surface area contributed by atoms with Gasteiger partial charge in [-0.05, 0) is 37.1 Å². The molecule has 0 spiro atoms. The minimum absolute atomic E-state index is 0.0221. The van der Waals surface area contributed by atoms with Crippen LogP contribution in [0.25, 0.3) is 0 Å². The van der Waals surface area contributed by atoms with E-state index in [1.165, 1.54) is 13.2 Å². The summed E-state index contributed by atoms with van der Waals surface area (Å²) in [6.45, 7) is 0. The van der Waals surface area contributed by atoms with Crippen LogP contribution in [-0.2, 0) is 11.2 Å². The van der Waals surface area contributed by atoms with Crippen molar-refractivity contribution in [1.29, 1.82) is 0 Å². The van der Waals surface area contributed by atoms with Gasteiger partial charge in [0.2, 0.25) is 5.91 Å². The number of carbonyl (C=O) groups excluding carboxylic acids is 1. The summed E-state index contributed by atoms with van der Waals surface area (Å²) in [6.07, 6.45) is 3.56. The van der Waals surface area contributed by atoms with E-state index < -0.39 is 0 Å². The predicted octanol–water partition coefficient (Wildman–Crippen LogP) is 2.76. The fourth-order valence-electron chi connectivity index (χ4n) is 1.93. The van der Waals surface area contributed by atoms with E-state index in [9.17, 15) is 9.90 Å². The number of aryl methyl sites for hydroxylation is 1. The molecule has 0 unspecified atom stereocenters. The second-order valence-electron chi connectivity index (χ2n) is 4.61. The van der Waals surface area contributed by atoms with Crippen LogP contribution < -0.4 is 10.1 Å². The third kappa shape index (κ3) is 4.49. The molecule has 2 aromatic rings. The molecule has 0 radical (unpaired) electrons. The molecule has 1 heterocycles. The number of phenols is 1. The van der Waals surface area contributed by atoms with Crippen LogP contribution in [0.15, 0.2) is 42.6 Å². The molecule has 1 aromatic carbocycles. The second kappa shape index (κ2) is 7.28. The van der Waals surface area contributed by atoms with E-state index in [4.69, 9.17) is 4.74 Å². The van der Waals surface area contributed by atoms with Crippen LogP contribution in [0.3, 0.4) is 0 Å². The first-order valence-electron chi connectivity index (χ1n) is 6.76. The van der Waals surface area contributed by atoms with Gasteiger partial charge in [-0.25, -0.2) is 0 Å². The molecule has 0 aliphatic heterocycles. The number of anilines is 1. The van der Waals surface area contributed by atoms with Crippen molar-refractivity contribution >= 4 is 11.6 Å². The van der Waals surface area contributed by atoms with Gasteiger partial charge in [-0.3, -0.25) is 9.78 Å². The number of rotatable bonds is 6. The van der Waals surface area contributed by atoms with Crippen molar-refractivity contribution in [2.24, 2.45) is 0 Å². The topological polar surface area (TPSA) is 71.5 Å². The third-order valence-corrected chi connectivity index (χ3v) is 3.04. The largest absolute Gasteiger partial charge is 0.506 e. The number of nitrogens with one attached hydrogen (secondary N) is 1. The normalized spacial score (nSPS) is 10.1. The van der Waals surface area contributed by atoms with Gasteiger partial charge in [-0.2, -0.15) is 0 Å². The van der Waals surface area contributed by atoms with Gasteiger partial charge in [-0.15, -0.1) is 0 Å². The Balaban J connectivity index is 1.84. The van der Waals surface area contributed by atoms with Crippen LogP contribution in [0.1, 0.15) is 18.5 Å². The van der Waals surface area contributed by atoms with Gasteiger partial charge in [0.05, 0.1) is 12.8 Å². The number of pyridine rings is 1. The zero-order chi connectivity index (χ0) is 15.1. The van der Waals surface area contributed by atoms with Crippen LogP contribution in [0.5, 0.6) is 11.5 Å². The summed E-state index contributed by atoms with van der Waals surface area (Å²) in [4.78, 5) is 16.1. The van der Waals surface area contributed by atoms with Gasteiger partial charge in [-0.1, -0.05) is 6.07 Å². The molecular weight excluding hydrogens is 268 g/mol. The number of methoxy groups -OCH3 is 1. The van der Waals surface area contributed by atoms with Gasteiger partial charge in [0, 0.05) is 24.4 Å². The smallest absolute Gasteiger partial charge is 0.224 e. The Bertz CT molecular complexity index is 600. The highest BCUT2D eigenvalue weighted by Crippen LogP contribution is 2.27. The SMILES string of the molecule is COc1ccc(O)c(NC(=O)CCCc2ccccn2)c1. The average Bonchev–Trinajstić information content (AvgIpc) is 2.50. The predicted molar refractivity (Wildman–Crippen MR) is 80.5 cm³/mol. The molecule has 0 saturated carbocycles. The van der Waals surface area contributed by atoms with Crippen molar-refractivity contribution in [1.82, 2.24) is 4.98 Å². The number of benzene rings is 1. The molecule has 1 aromatic heterocycles. The summed E-state index contributed by atoms with van der Waals surface area (Å²) in [5.41, 5.74) is 1.33. The van der Waals surface area contributed by atoms with E-state index in [1.54, 1.807) is 18.3 Å². The Kier molecular flexibility index (Phi) is 5.15. The first-order valence-corrected chi connectivity index (χ1v) is 6.76. The zero-order valence-corrected chi connectivity index (χ0v) is 11.9. The average molecular weight is 286 g/mol. The molecule has 0 bridgehead atoms. The molecule has 0 atom stereocenters. The van der Waals surface area contributed by atoms with Crippen LogP contribution in [0.2, 0.25) is 0 Å². The minimum atomic E-state index is -0.144. The molecule has 0 aliphatic carbocycles. The van der Waals surface area contributed by atoms with Crippen LogP contribution in [0, 0.1) is 0 Å². The van der Waals surface area contributed by atoms with E-state index in [0.29, 0.717) is 24.3 Å². The molecule has 2 rings (SSSR count). The van der Waals surface area contributed by atoms with Crippen molar-refractivity contribution in [2.75, 3.05) is 12.4 Å². The Hall–Kier alpha value is -2.56. The van der Waals surface area contributed by atoms with E-state index in [2.05, 4.69) is 10.3 Å². The molecule has 5 heteroatoms. The maximum Gasteiger partial charge on any atom is 0.224 e. The minimum Gasteiger partial charge on any atom is -0.506 e. The number of phenolic OH excluding ortho intramolecular Hbond substituents is 1. The lowest BCUT2D eigenvalue weighted by atomic mass is 10.1. The molecular formula is C16H18N2O3. The van der Waals surface area contributed by atoms with E-state index >= 15 is 0 Å². The van der Waals surface area contributed by atoms with E-state index in [-0.39, 0.29) is 11.7 Å². The number of hydrogen-bond donors (Lipinski definition) is 2. The summed E-state index contributed by atoms with van der Waals surface area (Å²) in [5, 5.41) is 12.4. The molecule has 2 N–H and O–H groups in total. The van der Waals surface area contributed by atoms with Crippen molar-refractivity contribution in [2.45, 2.75) is 19.3 Å². The molecule has 5 nitrogen and oxygen atoms in total. The summed E-state index contributed by atoms with van der Waals surface area (Å²) in [5.74, 6) is 0.458. The van der Waals surface area contributed by atoms with Gasteiger partial charge < -0.3 is 15.2 Å². The Morgan fingerprint density at radius 3 is 2.90 bits per heavy atom. The first-order chi connectivity index (χ1) is 10.2. The number of hydrogen-bond acceptors (Lipinski definition) is 4. The Morgan fingerprint density at radius 2 is 2.19 bits per heavy atom. The lowest BCUT2D eigenvalue weighted by Crippen LogP contribution is -2.11. The molecule has 1 amide bonds. The maximum absolute atomic E-state index is 11.9.